The van der Waals surface area contributed by atoms with Crippen molar-refractivity contribution in [3.8, 4) is 0 Å². The van der Waals surface area contributed by atoms with E-state index in [4.69, 9.17) is 0 Å². The Labute approximate surface area is 123 Å². The summed E-state index contributed by atoms with van der Waals surface area (Å²) in [7, 11) is 1.56. The summed E-state index contributed by atoms with van der Waals surface area (Å²) in [5.74, 6) is -1.49. The van der Waals surface area contributed by atoms with E-state index in [1.54, 1.807) is 25.2 Å². The molecule has 2 amide bonds. The first-order chi connectivity index (χ1) is 9.47. The number of halogens is 3. The van der Waals surface area contributed by atoms with Gasteiger partial charge in [-0.25, -0.2) is 13.6 Å². The summed E-state index contributed by atoms with van der Waals surface area (Å²) in [5, 5.41) is 2.44. The highest BCUT2D eigenvalue weighted by molar-refractivity contribution is 9.10. The van der Waals surface area contributed by atoms with Gasteiger partial charge < -0.3 is 5.32 Å². The number of hydrogen-bond acceptors (Lipinski definition) is 1. The lowest BCUT2D eigenvalue weighted by Gasteiger charge is -2.19. The van der Waals surface area contributed by atoms with E-state index in [0.717, 1.165) is 22.7 Å². The van der Waals surface area contributed by atoms with E-state index in [2.05, 4.69) is 21.2 Å². The average molecular weight is 341 g/mol. The number of carbonyl (C=O) groups is 1. The second-order valence-corrected chi connectivity index (χ2v) is 4.95. The van der Waals surface area contributed by atoms with Gasteiger partial charge in [-0.1, -0.05) is 12.1 Å². The Balaban J connectivity index is 2.18. The van der Waals surface area contributed by atoms with Crippen LogP contribution in [0.2, 0.25) is 0 Å². The number of rotatable bonds is 2. The van der Waals surface area contributed by atoms with Gasteiger partial charge in [0, 0.05) is 23.3 Å². The first-order valence-electron chi connectivity index (χ1n) is 5.72. The van der Waals surface area contributed by atoms with Crippen LogP contribution in [-0.2, 0) is 0 Å². The minimum atomic E-state index is -0.746. The van der Waals surface area contributed by atoms with Crippen molar-refractivity contribution in [2.45, 2.75) is 0 Å². The van der Waals surface area contributed by atoms with Crippen LogP contribution in [0.15, 0.2) is 46.9 Å². The number of nitrogens with one attached hydrogen (secondary N) is 1. The van der Waals surface area contributed by atoms with Crippen LogP contribution in [0, 0.1) is 11.6 Å². The molecule has 0 atom stereocenters. The summed E-state index contributed by atoms with van der Waals surface area (Å²) in [6.07, 6.45) is 0. The molecule has 1 N–H and O–H groups in total. The largest absolute Gasteiger partial charge is 0.326 e. The smallest absolute Gasteiger partial charge is 0.307 e. The second-order valence-electron chi connectivity index (χ2n) is 4.10. The molecule has 104 valence electrons. The summed E-state index contributed by atoms with van der Waals surface area (Å²) >= 11 is 3.33. The Bertz CT molecular complexity index is 629. The SMILES string of the molecule is CN(C(=O)Nc1cc(F)cc(F)c1)c1ccccc1Br. The molecule has 0 aliphatic carbocycles. The predicted molar refractivity (Wildman–Crippen MR) is 77.9 cm³/mol. The molecule has 0 aliphatic rings. The molecule has 6 heteroatoms. The molecular formula is C14H11BrF2N2O. The Kier molecular flexibility index (Phi) is 4.34. The van der Waals surface area contributed by atoms with Crippen molar-refractivity contribution >= 4 is 33.3 Å². The van der Waals surface area contributed by atoms with Gasteiger partial charge in [0.2, 0.25) is 0 Å². The topological polar surface area (TPSA) is 32.3 Å². The molecule has 0 aromatic heterocycles. The lowest BCUT2D eigenvalue weighted by molar-refractivity contribution is 0.258. The number of nitrogens with zero attached hydrogens (tertiary/aromatic N) is 1. The maximum atomic E-state index is 13.1. The number of carbonyl (C=O) groups excluding carboxylic acids is 1. The number of amides is 2. The fraction of sp³-hybridized carbons (Fsp3) is 0.0714. The van der Waals surface area contributed by atoms with Crippen molar-refractivity contribution < 1.29 is 13.6 Å². The summed E-state index contributed by atoms with van der Waals surface area (Å²) in [6, 6.07) is 9.49. The van der Waals surface area contributed by atoms with Gasteiger partial charge in [-0.2, -0.15) is 0 Å². The third-order valence-electron chi connectivity index (χ3n) is 2.63. The van der Waals surface area contributed by atoms with Gasteiger partial charge >= 0.3 is 6.03 Å². The minimum Gasteiger partial charge on any atom is -0.307 e. The van der Waals surface area contributed by atoms with Gasteiger partial charge in [0.15, 0.2) is 0 Å². The van der Waals surface area contributed by atoms with E-state index < -0.39 is 17.7 Å². The number of anilines is 2. The van der Waals surface area contributed by atoms with E-state index in [-0.39, 0.29) is 5.69 Å². The molecule has 2 rings (SSSR count). The van der Waals surface area contributed by atoms with E-state index in [1.165, 1.54) is 4.90 Å². The average Bonchev–Trinajstić information content (AvgIpc) is 2.37. The van der Waals surface area contributed by atoms with Crippen LogP contribution in [0.3, 0.4) is 0 Å². The van der Waals surface area contributed by atoms with Gasteiger partial charge in [-0.15, -0.1) is 0 Å². The third kappa shape index (κ3) is 3.33. The number of para-hydroxylation sites is 1. The fourth-order valence-corrected chi connectivity index (χ4v) is 2.22. The zero-order chi connectivity index (χ0) is 14.7. The van der Waals surface area contributed by atoms with Crippen LogP contribution < -0.4 is 10.2 Å². The Morgan fingerprint density at radius 3 is 2.35 bits per heavy atom. The molecule has 3 nitrogen and oxygen atoms in total. The van der Waals surface area contributed by atoms with Crippen molar-refractivity contribution in [2.24, 2.45) is 0 Å². The highest BCUT2D eigenvalue weighted by Crippen LogP contribution is 2.25. The van der Waals surface area contributed by atoms with Gasteiger partial charge in [-0.3, -0.25) is 4.90 Å². The Morgan fingerprint density at radius 1 is 1.15 bits per heavy atom. The lowest BCUT2D eigenvalue weighted by Crippen LogP contribution is -2.31. The van der Waals surface area contributed by atoms with Crippen molar-refractivity contribution in [3.63, 3.8) is 0 Å². The van der Waals surface area contributed by atoms with Crippen LogP contribution >= 0.6 is 15.9 Å². The van der Waals surface area contributed by atoms with Gasteiger partial charge in [-0.05, 0) is 40.2 Å². The molecule has 0 spiro atoms. The lowest BCUT2D eigenvalue weighted by atomic mass is 10.3. The molecule has 0 bridgehead atoms. The summed E-state index contributed by atoms with van der Waals surface area (Å²) in [6.45, 7) is 0. The van der Waals surface area contributed by atoms with Crippen LogP contribution in [0.4, 0.5) is 25.0 Å². The highest BCUT2D eigenvalue weighted by Gasteiger charge is 2.14. The highest BCUT2D eigenvalue weighted by atomic mass is 79.9. The van der Waals surface area contributed by atoms with Crippen molar-refractivity contribution in [3.05, 3.63) is 58.6 Å². The Hall–Kier alpha value is -1.95. The van der Waals surface area contributed by atoms with E-state index in [1.807, 2.05) is 6.07 Å². The molecule has 2 aromatic carbocycles. The van der Waals surface area contributed by atoms with E-state index in [0.29, 0.717) is 5.69 Å². The molecule has 0 saturated carbocycles. The Morgan fingerprint density at radius 2 is 1.75 bits per heavy atom. The molecule has 2 aromatic rings. The molecular weight excluding hydrogens is 330 g/mol. The van der Waals surface area contributed by atoms with Gasteiger partial charge in [0.05, 0.1) is 5.69 Å². The monoisotopic (exact) mass is 340 g/mol. The number of benzene rings is 2. The molecule has 0 aliphatic heterocycles. The summed E-state index contributed by atoms with van der Waals surface area (Å²) in [4.78, 5) is 13.4. The van der Waals surface area contributed by atoms with Crippen molar-refractivity contribution in [1.29, 1.82) is 0 Å². The molecule has 0 fully saturated rings. The molecule has 0 unspecified atom stereocenters. The predicted octanol–water partition coefficient (Wildman–Crippen LogP) is 4.40. The second kappa shape index (κ2) is 6.00. The standard InChI is InChI=1S/C14H11BrF2N2O/c1-19(13-5-3-2-4-12(13)15)14(20)18-11-7-9(16)6-10(17)8-11/h2-8H,1H3,(H,18,20). The quantitative estimate of drug-likeness (QED) is 0.863. The van der Waals surface area contributed by atoms with Crippen LogP contribution in [-0.4, -0.2) is 13.1 Å². The summed E-state index contributed by atoms with van der Waals surface area (Å²) < 4.78 is 26.8. The van der Waals surface area contributed by atoms with Crippen molar-refractivity contribution in [1.82, 2.24) is 0 Å². The maximum Gasteiger partial charge on any atom is 0.326 e. The van der Waals surface area contributed by atoms with Gasteiger partial charge in [0.1, 0.15) is 11.6 Å². The van der Waals surface area contributed by atoms with Crippen LogP contribution in [0.5, 0.6) is 0 Å². The number of hydrogen-bond donors (Lipinski definition) is 1. The summed E-state index contributed by atoms with van der Waals surface area (Å²) in [5.41, 5.74) is 0.702. The molecule has 0 heterocycles. The third-order valence-corrected chi connectivity index (χ3v) is 3.30. The normalized spacial score (nSPS) is 10.2. The molecule has 0 radical (unpaired) electrons. The van der Waals surface area contributed by atoms with Crippen LogP contribution in [0.25, 0.3) is 0 Å². The first-order valence-corrected chi connectivity index (χ1v) is 6.52. The van der Waals surface area contributed by atoms with Crippen molar-refractivity contribution in [2.75, 3.05) is 17.3 Å². The zero-order valence-electron chi connectivity index (χ0n) is 10.5. The minimum absolute atomic E-state index is 0.0615. The first kappa shape index (κ1) is 14.5. The van der Waals surface area contributed by atoms with E-state index in [9.17, 15) is 13.6 Å². The van der Waals surface area contributed by atoms with E-state index >= 15 is 0 Å². The molecule has 20 heavy (non-hydrogen) atoms. The molecule has 0 saturated heterocycles. The van der Waals surface area contributed by atoms with Gasteiger partial charge in [0.25, 0.3) is 0 Å². The maximum absolute atomic E-state index is 13.1. The number of urea groups is 1. The zero-order valence-corrected chi connectivity index (χ0v) is 12.1. The van der Waals surface area contributed by atoms with Crippen LogP contribution in [0.1, 0.15) is 0 Å². The fourth-order valence-electron chi connectivity index (χ4n) is 1.67.